The molecule has 0 bridgehead atoms. The van der Waals surface area contributed by atoms with Gasteiger partial charge >= 0.3 is 5.69 Å². The molecule has 1 atom stereocenters. The maximum Gasteiger partial charge on any atom is 0.328 e. The fourth-order valence-electron chi connectivity index (χ4n) is 5.34. The molecule has 0 radical (unpaired) electrons. The van der Waals surface area contributed by atoms with Crippen LogP contribution in [0.2, 0.25) is 0 Å². The van der Waals surface area contributed by atoms with Gasteiger partial charge in [0.15, 0.2) is 11.6 Å². The topological polar surface area (TPSA) is 57.9 Å². The minimum atomic E-state index is -0.430. The van der Waals surface area contributed by atoms with E-state index in [1.165, 1.54) is 11.6 Å². The van der Waals surface area contributed by atoms with Crippen molar-refractivity contribution in [3.05, 3.63) is 94.7 Å². The monoisotopic (exact) mass is 533 g/mol. The maximum absolute atomic E-state index is 14.0. The summed E-state index contributed by atoms with van der Waals surface area (Å²) in [7, 11) is 3.51. The molecule has 1 fully saturated rings. The molecule has 0 spiro atoms. The molecule has 1 unspecified atom stereocenters. The Balaban J connectivity index is 1.12. The van der Waals surface area contributed by atoms with Crippen LogP contribution in [0.1, 0.15) is 24.8 Å². The molecule has 1 saturated heterocycles. The molecule has 39 heavy (non-hydrogen) atoms. The molecular formula is C31H36FN3O4. The molecule has 0 N–H and O–H groups in total. The van der Waals surface area contributed by atoms with Crippen molar-refractivity contribution in [2.24, 2.45) is 7.05 Å². The van der Waals surface area contributed by atoms with E-state index in [9.17, 15) is 9.18 Å². The van der Waals surface area contributed by atoms with Gasteiger partial charge in [0.25, 0.3) is 0 Å². The quantitative estimate of drug-likeness (QED) is 0.287. The van der Waals surface area contributed by atoms with Crippen molar-refractivity contribution in [1.82, 2.24) is 14.0 Å². The van der Waals surface area contributed by atoms with E-state index in [-0.39, 0.29) is 17.3 Å². The molecule has 5 rings (SSSR count). The van der Waals surface area contributed by atoms with Crippen molar-refractivity contribution in [3.63, 3.8) is 0 Å². The second-order valence-electron chi connectivity index (χ2n) is 10.2. The number of fused-ring (bicyclic) bond motifs is 1. The first-order valence-corrected chi connectivity index (χ1v) is 13.5. The molecule has 0 amide bonds. The van der Waals surface area contributed by atoms with Gasteiger partial charge < -0.3 is 14.2 Å². The van der Waals surface area contributed by atoms with E-state index in [1.807, 2.05) is 36.4 Å². The SMILES string of the molecule is COC1(COc2ccccc2F)CCCN(Cc2ccc(OCCn3c(=O)n(C)c4ccccc43)cc2)CC1. The normalized spacial score (nSPS) is 18.2. The van der Waals surface area contributed by atoms with Gasteiger partial charge in [0.1, 0.15) is 24.6 Å². The third-order valence-electron chi connectivity index (χ3n) is 7.72. The summed E-state index contributed by atoms with van der Waals surface area (Å²) in [6.07, 6.45) is 2.65. The van der Waals surface area contributed by atoms with Gasteiger partial charge in [-0.3, -0.25) is 14.0 Å². The van der Waals surface area contributed by atoms with Crippen LogP contribution in [0.15, 0.2) is 77.6 Å². The summed E-state index contributed by atoms with van der Waals surface area (Å²) in [4.78, 5) is 15.0. The summed E-state index contributed by atoms with van der Waals surface area (Å²) in [6.45, 7) is 3.88. The lowest BCUT2D eigenvalue weighted by Gasteiger charge is -2.31. The zero-order chi connectivity index (χ0) is 27.2. The minimum absolute atomic E-state index is 0.0381. The number of aromatic nitrogens is 2. The predicted octanol–water partition coefficient (Wildman–Crippen LogP) is 5.01. The van der Waals surface area contributed by atoms with E-state index in [0.717, 1.165) is 55.7 Å². The number of para-hydroxylation sites is 3. The maximum atomic E-state index is 14.0. The first kappa shape index (κ1) is 27.0. The summed E-state index contributed by atoms with van der Waals surface area (Å²) in [5, 5.41) is 0. The molecule has 0 saturated carbocycles. The van der Waals surface area contributed by atoms with Crippen LogP contribution in [0.5, 0.6) is 11.5 Å². The van der Waals surface area contributed by atoms with Crippen LogP contribution in [0.25, 0.3) is 11.0 Å². The number of aryl methyl sites for hydroxylation is 1. The third kappa shape index (κ3) is 6.18. The van der Waals surface area contributed by atoms with E-state index >= 15 is 0 Å². The van der Waals surface area contributed by atoms with Gasteiger partial charge in [0, 0.05) is 27.2 Å². The van der Waals surface area contributed by atoms with Crippen molar-refractivity contribution in [2.75, 3.05) is 33.4 Å². The predicted molar refractivity (Wildman–Crippen MR) is 150 cm³/mol. The smallest absolute Gasteiger partial charge is 0.328 e. The molecule has 1 aromatic heterocycles. The molecule has 1 aliphatic rings. The van der Waals surface area contributed by atoms with Crippen molar-refractivity contribution >= 4 is 11.0 Å². The molecule has 0 aliphatic carbocycles. The molecular weight excluding hydrogens is 497 g/mol. The van der Waals surface area contributed by atoms with Gasteiger partial charge in [-0.25, -0.2) is 9.18 Å². The van der Waals surface area contributed by atoms with Crippen LogP contribution in [0, 0.1) is 5.82 Å². The zero-order valence-electron chi connectivity index (χ0n) is 22.6. The number of ether oxygens (including phenoxy) is 3. The third-order valence-corrected chi connectivity index (χ3v) is 7.72. The first-order valence-electron chi connectivity index (χ1n) is 13.5. The van der Waals surface area contributed by atoms with E-state index in [2.05, 4.69) is 17.0 Å². The van der Waals surface area contributed by atoms with E-state index in [1.54, 1.807) is 41.5 Å². The molecule has 206 valence electrons. The second-order valence-corrected chi connectivity index (χ2v) is 10.2. The Labute approximate surface area is 228 Å². The van der Waals surface area contributed by atoms with Gasteiger partial charge in [-0.05, 0) is 67.8 Å². The van der Waals surface area contributed by atoms with Crippen molar-refractivity contribution in [3.8, 4) is 11.5 Å². The molecule has 4 aromatic rings. The summed E-state index contributed by atoms with van der Waals surface area (Å²) >= 11 is 0. The number of imidazole rings is 1. The highest BCUT2D eigenvalue weighted by Gasteiger charge is 2.34. The van der Waals surface area contributed by atoms with E-state index < -0.39 is 5.60 Å². The lowest BCUT2D eigenvalue weighted by atomic mass is 9.95. The summed E-state index contributed by atoms with van der Waals surface area (Å²) in [5.74, 6) is 0.696. The lowest BCUT2D eigenvalue weighted by Crippen LogP contribution is -2.39. The van der Waals surface area contributed by atoms with Gasteiger partial charge in [-0.2, -0.15) is 0 Å². The summed E-state index contributed by atoms with van der Waals surface area (Å²) in [6, 6.07) is 22.4. The Hall–Kier alpha value is -3.62. The molecule has 2 heterocycles. The number of benzene rings is 3. The number of nitrogens with zero attached hydrogens (tertiary/aromatic N) is 3. The van der Waals surface area contributed by atoms with Crippen LogP contribution < -0.4 is 15.2 Å². The van der Waals surface area contributed by atoms with Gasteiger partial charge in [-0.1, -0.05) is 36.4 Å². The fourth-order valence-corrected chi connectivity index (χ4v) is 5.34. The Kier molecular flexibility index (Phi) is 8.33. The Morgan fingerprint density at radius 2 is 1.64 bits per heavy atom. The summed E-state index contributed by atoms with van der Waals surface area (Å²) < 4.78 is 35.1. The standard InChI is InChI=1S/C31H36FN3O4/c1-33-27-9-4-5-10-28(27)35(30(33)36)20-21-38-25-14-12-24(13-15-25)22-34-18-7-16-31(37-2,17-19-34)23-39-29-11-6-3-8-26(29)32/h3-6,8-15H,7,16-23H2,1-2H3. The van der Waals surface area contributed by atoms with Gasteiger partial charge in [0.05, 0.1) is 17.6 Å². The van der Waals surface area contributed by atoms with Crippen molar-refractivity contribution in [1.29, 1.82) is 0 Å². The van der Waals surface area contributed by atoms with E-state index in [0.29, 0.717) is 19.8 Å². The average Bonchev–Trinajstić information content (AvgIpc) is 3.08. The molecule has 7 nitrogen and oxygen atoms in total. The average molecular weight is 534 g/mol. The van der Waals surface area contributed by atoms with Crippen molar-refractivity contribution in [2.45, 2.75) is 38.0 Å². The first-order chi connectivity index (χ1) is 19.0. The van der Waals surface area contributed by atoms with Gasteiger partial charge in [-0.15, -0.1) is 0 Å². The highest BCUT2D eigenvalue weighted by Crippen LogP contribution is 2.29. The highest BCUT2D eigenvalue weighted by molar-refractivity contribution is 5.75. The number of hydrogen-bond acceptors (Lipinski definition) is 5. The molecule has 3 aromatic carbocycles. The van der Waals surface area contributed by atoms with Crippen LogP contribution in [0.4, 0.5) is 4.39 Å². The fraction of sp³-hybridized carbons (Fsp3) is 0.387. The highest BCUT2D eigenvalue weighted by atomic mass is 19.1. The number of halogens is 1. The minimum Gasteiger partial charge on any atom is -0.492 e. The zero-order valence-corrected chi connectivity index (χ0v) is 22.6. The molecule has 1 aliphatic heterocycles. The Morgan fingerprint density at radius 3 is 2.41 bits per heavy atom. The number of likely N-dealkylation sites (tertiary alicyclic amines) is 1. The summed E-state index contributed by atoms with van der Waals surface area (Å²) in [5.41, 5.74) is 2.57. The number of hydrogen-bond donors (Lipinski definition) is 0. The lowest BCUT2D eigenvalue weighted by molar-refractivity contribution is -0.0548. The number of methoxy groups -OCH3 is 1. The van der Waals surface area contributed by atoms with Crippen LogP contribution >= 0.6 is 0 Å². The van der Waals surface area contributed by atoms with Gasteiger partial charge in [0.2, 0.25) is 0 Å². The van der Waals surface area contributed by atoms with Crippen LogP contribution in [0.3, 0.4) is 0 Å². The van der Waals surface area contributed by atoms with Crippen LogP contribution in [-0.2, 0) is 24.9 Å². The van der Waals surface area contributed by atoms with Crippen LogP contribution in [-0.4, -0.2) is 53.0 Å². The number of rotatable bonds is 10. The molecule has 8 heteroatoms. The van der Waals surface area contributed by atoms with E-state index in [4.69, 9.17) is 14.2 Å². The second kappa shape index (κ2) is 12.1. The van der Waals surface area contributed by atoms with Crippen molar-refractivity contribution < 1.29 is 18.6 Å². The Bertz CT molecular complexity index is 1450. The Morgan fingerprint density at radius 1 is 0.897 bits per heavy atom. The largest absolute Gasteiger partial charge is 0.492 e.